The maximum Gasteiger partial charge on any atom is 0.318 e. The van der Waals surface area contributed by atoms with Crippen molar-refractivity contribution in [3.8, 4) is 0 Å². The quantitative estimate of drug-likeness (QED) is 0.787. The Balaban J connectivity index is 1.95. The summed E-state index contributed by atoms with van der Waals surface area (Å²) in [7, 11) is 0. The second kappa shape index (κ2) is 5.49. The molecule has 1 aromatic rings. The lowest BCUT2D eigenvalue weighted by Crippen LogP contribution is -2.26. The van der Waals surface area contributed by atoms with Crippen LogP contribution in [0.2, 0.25) is 0 Å². The van der Waals surface area contributed by atoms with Gasteiger partial charge in [0.25, 0.3) is 0 Å². The normalized spacial score (nSPS) is 15.5. The molecule has 0 aromatic carbocycles. The largest absolute Gasteiger partial charge is 0.407 e. The minimum atomic E-state index is 0.431. The van der Waals surface area contributed by atoms with Crippen LogP contribution in [0.1, 0.15) is 45.9 Å². The first kappa shape index (κ1) is 12.4. The number of hydrogen-bond acceptors (Lipinski definition) is 5. The minimum absolute atomic E-state index is 0.431. The average molecular weight is 238 g/mol. The number of anilines is 1. The number of nitrogens with zero attached hydrogens (tertiary/aromatic N) is 3. The van der Waals surface area contributed by atoms with Gasteiger partial charge in [-0.15, -0.1) is 5.10 Å². The van der Waals surface area contributed by atoms with Crippen LogP contribution in [0.25, 0.3) is 0 Å². The molecule has 0 bridgehead atoms. The zero-order valence-electron chi connectivity index (χ0n) is 10.9. The molecular formula is C12H22N4O. The third kappa shape index (κ3) is 3.43. The van der Waals surface area contributed by atoms with E-state index in [0.717, 1.165) is 13.0 Å². The standard InChI is InChI=1S/C12H22N4O/c1-4-7-16(10-5-6-10)12-15-14-11(17-12)8-13-9(2)3/h9-10,13H,4-8H2,1-3H3. The van der Waals surface area contributed by atoms with Crippen LogP contribution in [-0.2, 0) is 6.54 Å². The highest BCUT2D eigenvalue weighted by atomic mass is 16.4. The smallest absolute Gasteiger partial charge is 0.318 e. The van der Waals surface area contributed by atoms with Crippen LogP contribution in [0.5, 0.6) is 0 Å². The van der Waals surface area contributed by atoms with Gasteiger partial charge in [-0.25, -0.2) is 0 Å². The summed E-state index contributed by atoms with van der Waals surface area (Å²) in [4.78, 5) is 2.24. The molecule has 0 atom stereocenters. The van der Waals surface area contributed by atoms with Crippen molar-refractivity contribution in [1.29, 1.82) is 0 Å². The van der Waals surface area contributed by atoms with Crippen LogP contribution in [0.3, 0.4) is 0 Å². The van der Waals surface area contributed by atoms with E-state index in [0.29, 0.717) is 30.5 Å². The Morgan fingerprint density at radius 1 is 1.41 bits per heavy atom. The van der Waals surface area contributed by atoms with Crippen LogP contribution in [-0.4, -0.2) is 28.8 Å². The molecular weight excluding hydrogens is 216 g/mol. The molecule has 0 amide bonds. The summed E-state index contributed by atoms with van der Waals surface area (Å²) in [6.07, 6.45) is 3.61. The molecule has 1 saturated carbocycles. The van der Waals surface area contributed by atoms with Gasteiger partial charge < -0.3 is 14.6 Å². The fraction of sp³-hybridized carbons (Fsp3) is 0.833. The molecule has 5 heteroatoms. The van der Waals surface area contributed by atoms with E-state index in [1.807, 2.05) is 0 Å². The summed E-state index contributed by atoms with van der Waals surface area (Å²) in [5.41, 5.74) is 0. The Kier molecular flexibility index (Phi) is 3.99. The van der Waals surface area contributed by atoms with Gasteiger partial charge in [0, 0.05) is 18.6 Å². The molecule has 1 heterocycles. The van der Waals surface area contributed by atoms with Crippen molar-refractivity contribution in [2.45, 2.75) is 58.7 Å². The number of hydrogen-bond donors (Lipinski definition) is 1. The van der Waals surface area contributed by atoms with Gasteiger partial charge in [0.1, 0.15) is 0 Å². The lowest BCUT2D eigenvalue weighted by Gasteiger charge is -2.18. The summed E-state index contributed by atoms with van der Waals surface area (Å²) in [6, 6.07) is 1.75. The average Bonchev–Trinajstić information content (AvgIpc) is 3.02. The van der Waals surface area contributed by atoms with E-state index < -0.39 is 0 Å². The van der Waals surface area contributed by atoms with Crippen LogP contribution < -0.4 is 10.2 Å². The molecule has 1 N–H and O–H groups in total. The number of rotatable bonds is 7. The van der Waals surface area contributed by atoms with Gasteiger partial charge in [-0.1, -0.05) is 25.9 Å². The van der Waals surface area contributed by atoms with E-state index in [9.17, 15) is 0 Å². The van der Waals surface area contributed by atoms with E-state index in [-0.39, 0.29) is 0 Å². The highest BCUT2D eigenvalue weighted by Crippen LogP contribution is 2.30. The Morgan fingerprint density at radius 2 is 2.18 bits per heavy atom. The Bertz CT molecular complexity index is 346. The molecule has 0 unspecified atom stereocenters. The monoisotopic (exact) mass is 238 g/mol. The lowest BCUT2D eigenvalue weighted by atomic mass is 10.4. The van der Waals surface area contributed by atoms with Crippen molar-refractivity contribution in [2.75, 3.05) is 11.4 Å². The third-order valence-electron chi connectivity index (χ3n) is 2.82. The van der Waals surface area contributed by atoms with Gasteiger partial charge in [-0.05, 0) is 19.3 Å². The van der Waals surface area contributed by atoms with Gasteiger partial charge in [-0.2, -0.15) is 0 Å². The number of nitrogens with one attached hydrogen (secondary N) is 1. The molecule has 1 aromatic heterocycles. The van der Waals surface area contributed by atoms with E-state index in [1.54, 1.807) is 0 Å². The van der Waals surface area contributed by atoms with E-state index >= 15 is 0 Å². The summed E-state index contributed by atoms with van der Waals surface area (Å²) in [6.45, 7) is 8.03. The van der Waals surface area contributed by atoms with Crippen LogP contribution in [0.15, 0.2) is 4.42 Å². The zero-order chi connectivity index (χ0) is 12.3. The first-order chi connectivity index (χ1) is 8.20. The van der Waals surface area contributed by atoms with Gasteiger partial charge in [0.2, 0.25) is 5.89 Å². The maximum absolute atomic E-state index is 5.69. The maximum atomic E-state index is 5.69. The van der Waals surface area contributed by atoms with Crippen molar-refractivity contribution in [1.82, 2.24) is 15.5 Å². The predicted molar refractivity (Wildman–Crippen MR) is 66.9 cm³/mol. The van der Waals surface area contributed by atoms with Crippen LogP contribution in [0.4, 0.5) is 6.01 Å². The Labute approximate surface area is 103 Å². The number of aromatic nitrogens is 2. The van der Waals surface area contributed by atoms with Gasteiger partial charge in [-0.3, -0.25) is 0 Å². The van der Waals surface area contributed by atoms with E-state index in [1.165, 1.54) is 12.8 Å². The van der Waals surface area contributed by atoms with Crippen molar-refractivity contribution in [3.05, 3.63) is 5.89 Å². The topological polar surface area (TPSA) is 54.2 Å². The van der Waals surface area contributed by atoms with Gasteiger partial charge >= 0.3 is 6.01 Å². The fourth-order valence-corrected chi connectivity index (χ4v) is 1.79. The Morgan fingerprint density at radius 3 is 2.76 bits per heavy atom. The van der Waals surface area contributed by atoms with Gasteiger partial charge in [0.05, 0.1) is 6.54 Å². The molecule has 2 rings (SSSR count). The molecule has 1 aliphatic rings. The summed E-state index contributed by atoms with van der Waals surface area (Å²) >= 11 is 0. The second-order valence-electron chi connectivity index (χ2n) is 4.94. The first-order valence-electron chi connectivity index (χ1n) is 6.53. The molecule has 5 nitrogen and oxygen atoms in total. The Hall–Kier alpha value is -1.10. The molecule has 0 spiro atoms. The van der Waals surface area contributed by atoms with Crippen LogP contribution in [0, 0.1) is 0 Å². The van der Waals surface area contributed by atoms with Crippen LogP contribution >= 0.6 is 0 Å². The lowest BCUT2D eigenvalue weighted by molar-refractivity contribution is 0.444. The summed E-state index contributed by atoms with van der Waals surface area (Å²) in [5.74, 6) is 0.676. The van der Waals surface area contributed by atoms with Gasteiger partial charge in [0.15, 0.2) is 0 Å². The fourth-order valence-electron chi connectivity index (χ4n) is 1.79. The highest BCUT2D eigenvalue weighted by molar-refractivity contribution is 5.29. The van der Waals surface area contributed by atoms with Crippen molar-refractivity contribution >= 4 is 6.01 Å². The van der Waals surface area contributed by atoms with Crippen molar-refractivity contribution in [2.24, 2.45) is 0 Å². The minimum Gasteiger partial charge on any atom is -0.407 e. The highest BCUT2D eigenvalue weighted by Gasteiger charge is 2.31. The molecule has 1 aliphatic carbocycles. The predicted octanol–water partition coefficient (Wildman–Crippen LogP) is 1.95. The SMILES string of the molecule is CCCN(c1nnc(CNC(C)C)o1)C1CC1. The second-order valence-corrected chi connectivity index (χ2v) is 4.94. The van der Waals surface area contributed by atoms with E-state index in [2.05, 4.69) is 41.2 Å². The summed E-state index contributed by atoms with van der Waals surface area (Å²) in [5, 5.41) is 11.5. The molecule has 0 saturated heterocycles. The summed E-state index contributed by atoms with van der Waals surface area (Å²) < 4.78 is 5.69. The molecule has 0 aliphatic heterocycles. The van der Waals surface area contributed by atoms with Crippen molar-refractivity contribution in [3.63, 3.8) is 0 Å². The molecule has 0 radical (unpaired) electrons. The molecule has 96 valence electrons. The first-order valence-corrected chi connectivity index (χ1v) is 6.53. The molecule has 1 fully saturated rings. The van der Waals surface area contributed by atoms with Crippen molar-refractivity contribution < 1.29 is 4.42 Å². The van der Waals surface area contributed by atoms with E-state index in [4.69, 9.17) is 4.42 Å². The zero-order valence-corrected chi connectivity index (χ0v) is 10.9. The molecule has 17 heavy (non-hydrogen) atoms. The third-order valence-corrected chi connectivity index (χ3v) is 2.82.